The van der Waals surface area contributed by atoms with Gasteiger partial charge in [-0.2, -0.15) is 5.10 Å². The Hall–Kier alpha value is -3.76. The van der Waals surface area contributed by atoms with Crippen LogP contribution in [-0.2, 0) is 17.8 Å². The predicted molar refractivity (Wildman–Crippen MR) is 162 cm³/mol. The van der Waals surface area contributed by atoms with Crippen molar-refractivity contribution in [2.24, 2.45) is 0 Å². The molecule has 0 aliphatic carbocycles. The van der Waals surface area contributed by atoms with E-state index in [1.54, 1.807) is 36.7 Å². The molecular formula is C29H26Cl3N7O2. The van der Waals surface area contributed by atoms with Gasteiger partial charge < -0.3 is 15.6 Å². The zero-order valence-corrected chi connectivity index (χ0v) is 24.5. The number of hydrogen-bond donors (Lipinski definition) is 3. The predicted octanol–water partition coefficient (Wildman–Crippen LogP) is 5.91. The molecule has 210 valence electrons. The Morgan fingerprint density at radius 2 is 1.78 bits per heavy atom. The third-order valence-corrected chi connectivity index (χ3v) is 7.10. The fourth-order valence-corrected chi connectivity index (χ4v) is 5.38. The van der Waals surface area contributed by atoms with Crippen LogP contribution in [0.4, 0.5) is 5.69 Å². The number of rotatable bonds is 9. The second-order valence-electron chi connectivity index (χ2n) is 9.77. The highest BCUT2D eigenvalue weighted by atomic mass is 35.5. The number of halogens is 3. The van der Waals surface area contributed by atoms with Gasteiger partial charge in [0, 0.05) is 36.1 Å². The van der Waals surface area contributed by atoms with Crippen LogP contribution in [0.15, 0.2) is 65.7 Å². The molecule has 5 aromatic rings. The van der Waals surface area contributed by atoms with Gasteiger partial charge in [0.25, 0.3) is 5.56 Å². The Morgan fingerprint density at radius 1 is 1.05 bits per heavy atom. The van der Waals surface area contributed by atoms with Crippen molar-refractivity contribution in [3.63, 3.8) is 0 Å². The molecule has 0 unspecified atom stereocenters. The maximum Gasteiger partial charge on any atom is 0.262 e. The van der Waals surface area contributed by atoms with E-state index >= 15 is 0 Å². The molecule has 3 heterocycles. The number of pyridine rings is 1. The normalized spacial score (nSPS) is 11.4. The maximum absolute atomic E-state index is 13.2. The summed E-state index contributed by atoms with van der Waals surface area (Å²) in [7, 11) is 0. The highest BCUT2D eigenvalue weighted by Crippen LogP contribution is 2.34. The molecule has 3 N–H and O–H groups in total. The highest BCUT2D eigenvalue weighted by Gasteiger charge is 2.23. The molecule has 0 spiro atoms. The first-order chi connectivity index (χ1) is 19.7. The van der Waals surface area contributed by atoms with Crippen LogP contribution in [0.3, 0.4) is 0 Å². The number of hydrogen-bond acceptors (Lipinski definition) is 6. The second kappa shape index (κ2) is 12.4. The summed E-state index contributed by atoms with van der Waals surface area (Å²) in [4.78, 5) is 37.3. The number of H-pyrrole nitrogens is 1. The van der Waals surface area contributed by atoms with Crippen LogP contribution in [0.2, 0.25) is 15.1 Å². The molecule has 12 heteroatoms. The van der Waals surface area contributed by atoms with E-state index in [0.29, 0.717) is 51.9 Å². The molecule has 5 rings (SSSR count). The molecule has 0 saturated carbocycles. The van der Waals surface area contributed by atoms with Crippen LogP contribution in [0.5, 0.6) is 0 Å². The van der Waals surface area contributed by atoms with Crippen LogP contribution >= 0.6 is 34.8 Å². The number of anilines is 1. The van der Waals surface area contributed by atoms with Gasteiger partial charge >= 0.3 is 0 Å². The first kappa shape index (κ1) is 28.8. The summed E-state index contributed by atoms with van der Waals surface area (Å²) in [5, 5.41) is 12.0. The van der Waals surface area contributed by atoms with Gasteiger partial charge in [0.05, 0.1) is 22.3 Å². The molecule has 0 aliphatic heterocycles. The standard InChI is InChI=1S/C29H26Cl3N7O2/c1-16(2)26-25-28(39(38-26)27-21(31)11-19(30)12-22(27)32)36-23(37-29(25)41)10-17-5-7-20(8-6-17)35-24(40)15-34-14-18-4-3-9-33-13-18/h3-9,11-13,16,34H,10,14-15H2,1-2H3,(H,35,40)(H,36,37,41). The molecular weight excluding hydrogens is 585 g/mol. The van der Waals surface area contributed by atoms with E-state index in [2.05, 4.69) is 25.7 Å². The van der Waals surface area contributed by atoms with Crippen molar-refractivity contribution in [3.05, 3.63) is 109 Å². The SMILES string of the molecule is CC(C)c1nn(-c2c(Cl)cc(Cl)cc2Cl)c2nc(Cc3ccc(NC(=O)CNCc4cccnc4)cc3)[nH]c(=O)c12. The number of benzene rings is 2. The molecule has 9 nitrogen and oxygen atoms in total. The number of fused-ring (bicyclic) bond motifs is 1. The fraction of sp³-hybridized carbons (Fsp3) is 0.207. The van der Waals surface area contributed by atoms with E-state index < -0.39 is 0 Å². The molecule has 0 radical (unpaired) electrons. The van der Waals surface area contributed by atoms with Crippen LogP contribution in [0, 0.1) is 0 Å². The lowest BCUT2D eigenvalue weighted by Gasteiger charge is -2.10. The summed E-state index contributed by atoms with van der Waals surface area (Å²) in [5.41, 5.74) is 3.57. The molecule has 0 saturated heterocycles. The van der Waals surface area contributed by atoms with Gasteiger partial charge in [-0.05, 0) is 47.4 Å². The number of nitrogens with one attached hydrogen (secondary N) is 3. The Kier molecular flexibility index (Phi) is 8.70. The number of carbonyl (C=O) groups is 1. The number of aromatic nitrogens is 5. The van der Waals surface area contributed by atoms with Gasteiger partial charge in [0.2, 0.25) is 5.91 Å². The van der Waals surface area contributed by atoms with Crippen molar-refractivity contribution >= 4 is 57.4 Å². The van der Waals surface area contributed by atoms with E-state index in [0.717, 1.165) is 11.1 Å². The van der Waals surface area contributed by atoms with E-state index in [1.807, 2.05) is 38.1 Å². The molecule has 0 bridgehead atoms. The van der Waals surface area contributed by atoms with Crippen molar-refractivity contribution in [2.75, 3.05) is 11.9 Å². The van der Waals surface area contributed by atoms with E-state index in [-0.39, 0.29) is 34.0 Å². The zero-order chi connectivity index (χ0) is 29.1. The van der Waals surface area contributed by atoms with Crippen molar-refractivity contribution in [2.45, 2.75) is 32.7 Å². The molecule has 41 heavy (non-hydrogen) atoms. The van der Waals surface area contributed by atoms with Crippen molar-refractivity contribution < 1.29 is 4.79 Å². The topological polar surface area (TPSA) is 118 Å². The highest BCUT2D eigenvalue weighted by molar-refractivity contribution is 6.40. The van der Waals surface area contributed by atoms with Gasteiger partial charge in [0.1, 0.15) is 16.9 Å². The average Bonchev–Trinajstić information content (AvgIpc) is 3.30. The minimum atomic E-state index is -0.302. The monoisotopic (exact) mass is 609 g/mol. The number of nitrogens with zero attached hydrogens (tertiary/aromatic N) is 4. The van der Waals surface area contributed by atoms with Crippen LogP contribution in [-0.4, -0.2) is 37.2 Å². The number of amides is 1. The summed E-state index contributed by atoms with van der Waals surface area (Å²) in [6, 6.07) is 14.3. The minimum absolute atomic E-state index is 0.0503. The molecule has 0 aliphatic rings. The summed E-state index contributed by atoms with van der Waals surface area (Å²) in [5.74, 6) is 0.231. The first-order valence-electron chi connectivity index (χ1n) is 12.8. The fourth-order valence-electron chi connectivity index (χ4n) is 4.40. The van der Waals surface area contributed by atoms with Gasteiger partial charge in [0.15, 0.2) is 5.65 Å². The Morgan fingerprint density at radius 3 is 2.44 bits per heavy atom. The lowest BCUT2D eigenvalue weighted by atomic mass is 10.1. The summed E-state index contributed by atoms with van der Waals surface area (Å²) < 4.78 is 1.51. The van der Waals surface area contributed by atoms with E-state index in [9.17, 15) is 9.59 Å². The Balaban J connectivity index is 1.35. The summed E-state index contributed by atoms with van der Waals surface area (Å²) >= 11 is 19.1. The lowest BCUT2D eigenvalue weighted by molar-refractivity contribution is -0.115. The quantitative estimate of drug-likeness (QED) is 0.191. The van der Waals surface area contributed by atoms with Gasteiger partial charge in [-0.3, -0.25) is 14.6 Å². The summed E-state index contributed by atoms with van der Waals surface area (Å²) in [6.45, 7) is 4.60. The van der Waals surface area contributed by atoms with Crippen molar-refractivity contribution in [1.82, 2.24) is 30.0 Å². The molecule has 0 fully saturated rings. The second-order valence-corrected chi connectivity index (χ2v) is 11.0. The van der Waals surface area contributed by atoms with Crippen LogP contribution in [0.25, 0.3) is 16.7 Å². The van der Waals surface area contributed by atoms with Gasteiger partial charge in [-0.25, -0.2) is 9.67 Å². The molecule has 3 aromatic heterocycles. The zero-order valence-electron chi connectivity index (χ0n) is 22.2. The first-order valence-corrected chi connectivity index (χ1v) is 14.0. The van der Waals surface area contributed by atoms with E-state index in [1.165, 1.54) is 4.68 Å². The van der Waals surface area contributed by atoms with E-state index in [4.69, 9.17) is 39.8 Å². The third-order valence-electron chi connectivity index (χ3n) is 6.30. The smallest absolute Gasteiger partial charge is 0.262 e. The maximum atomic E-state index is 13.2. The van der Waals surface area contributed by atoms with Crippen LogP contribution in [0.1, 0.15) is 42.4 Å². The van der Waals surface area contributed by atoms with Crippen LogP contribution < -0.4 is 16.2 Å². The van der Waals surface area contributed by atoms with Gasteiger partial charge in [-0.15, -0.1) is 0 Å². The van der Waals surface area contributed by atoms with Crippen molar-refractivity contribution in [3.8, 4) is 5.69 Å². The van der Waals surface area contributed by atoms with Gasteiger partial charge in [-0.1, -0.05) is 66.8 Å². The lowest BCUT2D eigenvalue weighted by Crippen LogP contribution is -2.27. The molecule has 2 aromatic carbocycles. The number of aromatic amines is 1. The van der Waals surface area contributed by atoms with Crippen molar-refractivity contribution in [1.29, 1.82) is 0 Å². The third kappa shape index (κ3) is 6.60. The molecule has 1 amide bonds. The number of carbonyl (C=O) groups excluding carboxylic acids is 1. The average molecular weight is 611 g/mol. The summed E-state index contributed by atoms with van der Waals surface area (Å²) in [6.07, 6.45) is 3.80. The largest absolute Gasteiger partial charge is 0.325 e. The Labute approximate surface area is 250 Å². The molecule has 0 atom stereocenters. The Bertz CT molecular complexity index is 1740. The minimum Gasteiger partial charge on any atom is -0.325 e.